The van der Waals surface area contributed by atoms with Crippen molar-refractivity contribution in [1.82, 2.24) is 5.16 Å². The Balaban J connectivity index is 1.50. The van der Waals surface area contributed by atoms with E-state index in [1.54, 1.807) is 37.3 Å². The van der Waals surface area contributed by atoms with E-state index in [0.717, 1.165) is 18.9 Å². The minimum absolute atomic E-state index is 0.0271. The second kappa shape index (κ2) is 9.74. The van der Waals surface area contributed by atoms with E-state index in [2.05, 4.69) is 15.8 Å². The highest BCUT2D eigenvalue weighted by Gasteiger charge is 2.21. The molecule has 0 radical (unpaired) electrons. The van der Waals surface area contributed by atoms with Crippen LogP contribution in [0.25, 0.3) is 11.3 Å². The number of nitrogens with one attached hydrogen (secondary N) is 2. The second-order valence-electron chi connectivity index (χ2n) is 8.03. The van der Waals surface area contributed by atoms with Crippen molar-refractivity contribution >= 4 is 34.8 Å². The molecular weight excluding hydrogens is 443 g/mol. The predicted octanol–water partition coefficient (Wildman–Crippen LogP) is 4.69. The van der Waals surface area contributed by atoms with Gasteiger partial charge in [0.05, 0.1) is 29.2 Å². The number of carboxylic acid groups (broad SMARTS) is 1. The van der Waals surface area contributed by atoms with Gasteiger partial charge in [0.25, 0.3) is 0 Å². The summed E-state index contributed by atoms with van der Waals surface area (Å²) in [6.07, 6.45) is -0.0382. The minimum Gasteiger partial charge on any atom is -0.465 e. The number of hydrogen-bond donors (Lipinski definition) is 3. The number of Topliss-reactive ketones (excluding diaryl/α,β-unsaturated/α-hetero) is 1. The zero-order valence-corrected chi connectivity index (χ0v) is 18.4. The highest BCUT2D eigenvalue weighted by Crippen LogP contribution is 2.33. The third kappa shape index (κ3) is 5.22. The fourth-order valence-corrected chi connectivity index (χ4v) is 3.87. The van der Waals surface area contributed by atoms with Crippen LogP contribution in [0.15, 0.2) is 47.0 Å². The Morgan fingerprint density at radius 1 is 1.09 bits per heavy atom. The number of aromatic nitrogens is 1. The molecule has 1 saturated heterocycles. The van der Waals surface area contributed by atoms with E-state index in [9.17, 15) is 18.8 Å². The summed E-state index contributed by atoms with van der Waals surface area (Å²) in [4.78, 5) is 38.3. The first-order valence-electron chi connectivity index (χ1n) is 10.8. The van der Waals surface area contributed by atoms with Crippen molar-refractivity contribution in [3.63, 3.8) is 0 Å². The van der Waals surface area contributed by atoms with Gasteiger partial charge in [0.1, 0.15) is 5.82 Å². The maximum Gasteiger partial charge on any atom is 0.409 e. The summed E-state index contributed by atoms with van der Waals surface area (Å²) in [6, 6.07) is 10.7. The number of nitrogens with zero attached hydrogens (tertiary/aromatic N) is 2. The van der Waals surface area contributed by atoms with Crippen LogP contribution in [-0.4, -0.2) is 41.1 Å². The normalized spacial score (nSPS) is 13.1. The minimum atomic E-state index is -1.36. The van der Waals surface area contributed by atoms with E-state index in [1.165, 1.54) is 6.07 Å². The summed E-state index contributed by atoms with van der Waals surface area (Å²) < 4.78 is 20.0. The molecule has 4 rings (SSSR count). The van der Waals surface area contributed by atoms with E-state index in [4.69, 9.17) is 9.63 Å². The van der Waals surface area contributed by atoms with Crippen molar-refractivity contribution in [2.24, 2.45) is 0 Å². The Labute approximate surface area is 194 Å². The molecule has 0 spiro atoms. The van der Waals surface area contributed by atoms with Crippen LogP contribution in [0.3, 0.4) is 0 Å². The SMILES string of the molecule is Cc1cc(-c2cccc(C(=O)CC(=O)Nc3cc(F)c(N4CCCC4)cc3NC(=O)O)c2)on1. The zero-order chi connectivity index (χ0) is 24.2. The molecule has 2 heterocycles. The first kappa shape index (κ1) is 23.0. The van der Waals surface area contributed by atoms with Crippen molar-refractivity contribution < 1.29 is 28.4 Å². The lowest BCUT2D eigenvalue weighted by Crippen LogP contribution is -2.22. The van der Waals surface area contributed by atoms with Gasteiger partial charge >= 0.3 is 6.09 Å². The molecule has 2 amide bonds. The Morgan fingerprint density at radius 3 is 2.50 bits per heavy atom. The smallest absolute Gasteiger partial charge is 0.409 e. The molecule has 1 aromatic heterocycles. The highest BCUT2D eigenvalue weighted by molar-refractivity contribution is 6.12. The van der Waals surface area contributed by atoms with Gasteiger partial charge in [-0.3, -0.25) is 14.9 Å². The zero-order valence-electron chi connectivity index (χ0n) is 18.4. The van der Waals surface area contributed by atoms with Crippen molar-refractivity contribution in [2.45, 2.75) is 26.2 Å². The second-order valence-corrected chi connectivity index (χ2v) is 8.03. The third-order valence-electron chi connectivity index (χ3n) is 5.47. The summed E-state index contributed by atoms with van der Waals surface area (Å²) >= 11 is 0. The van der Waals surface area contributed by atoms with Gasteiger partial charge in [0, 0.05) is 36.3 Å². The maximum absolute atomic E-state index is 14.8. The van der Waals surface area contributed by atoms with Gasteiger partial charge < -0.3 is 19.8 Å². The Bertz CT molecular complexity index is 1250. The fourth-order valence-electron chi connectivity index (χ4n) is 3.87. The number of anilines is 3. The molecule has 9 nitrogen and oxygen atoms in total. The molecule has 10 heteroatoms. The van der Waals surface area contributed by atoms with Crippen LogP contribution in [-0.2, 0) is 4.79 Å². The molecule has 1 fully saturated rings. The number of benzene rings is 2. The number of amides is 2. The molecule has 34 heavy (non-hydrogen) atoms. The number of hydrogen-bond acceptors (Lipinski definition) is 6. The molecule has 0 aliphatic carbocycles. The lowest BCUT2D eigenvalue weighted by atomic mass is 10.0. The van der Waals surface area contributed by atoms with Crippen molar-refractivity contribution in [1.29, 1.82) is 0 Å². The van der Waals surface area contributed by atoms with Gasteiger partial charge in [-0.15, -0.1) is 0 Å². The van der Waals surface area contributed by atoms with Crippen LogP contribution < -0.4 is 15.5 Å². The number of carbonyl (C=O) groups excluding carboxylic acids is 2. The van der Waals surface area contributed by atoms with Crippen molar-refractivity contribution in [2.75, 3.05) is 28.6 Å². The summed E-state index contributed by atoms with van der Waals surface area (Å²) in [7, 11) is 0. The van der Waals surface area contributed by atoms with Gasteiger partial charge in [-0.2, -0.15) is 0 Å². The Morgan fingerprint density at radius 2 is 1.82 bits per heavy atom. The molecule has 176 valence electrons. The Kier molecular flexibility index (Phi) is 6.58. The molecule has 3 aromatic rings. The summed E-state index contributed by atoms with van der Waals surface area (Å²) in [6.45, 7) is 3.10. The standard InChI is InChI=1S/C24H23FN4O5/c1-14-9-22(34-28-14)16-6-4-5-15(10-16)21(30)13-23(31)26-18-11-17(25)20(29-7-2-3-8-29)12-19(18)27-24(32)33/h4-6,9-12,27H,2-3,7-8,13H2,1H3,(H,26,31)(H,32,33). The number of aryl methyl sites for hydroxylation is 1. The van der Waals surface area contributed by atoms with Gasteiger partial charge in [0.2, 0.25) is 5.91 Å². The quantitative estimate of drug-likeness (QED) is 0.341. The molecule has 2 aromatic carbocycles. The lowest BCUT2D eigenvalue weighted by Gasteiger charge is -2.21. The van der Waals surface area contributed by atoms with Gasteiger partial charge in [-0.25, -0.2) is 9.18 Å². The molecule has 3 N–H and O–H groups in total. The average Bonchev–Trinajstić information content (AvgIpc) is 3.47. The first-order chi connectivity index (χ1) is 16.3. The number of rotatable bonds is 7. The van der Waals surface area contributed by atoms with Gasteiger partial charge in [-0.1, -0.05) is 23.4 Å². The average molecular weight is 466 g/mol. The number of ketones is 1. The van der Waals surface area contributed by atoms with Gasteiger partial charge in [-0.05, 0) is 31.9 Å². The van der Waals surface area contributed by atoms with Crippen LogP contribution in [0.2, 0.25) is 0 Å². The molecule has 1 aliphatic rings. The molecule has 0 unspecified atom stereocenters. The van der Waals surface area contributed by atoms with Crippen molar-refractivity contribution in [3.05, 3.63) is 59.5 Å². The van der Waals surface area contributed by atoms with E-state index >= 15 is 0 Å². The lowest BCUT2D eigenvalue weighted by molar-refractivity contribution is -0.115. The van der Waals surface area contributed by atoms with E-state index in [0.29, 0.717) is 35.7 Å². The van der Waals surface area contributed by atoms with Crippen LogP contribution >= 0.6 is 0 Å². The molecule has 0 atom stereocenters. The Hall–Kier alpha value is -4.21. The van der Waals surface area contributed by atoms with Crippen LogP contribution in [0, 0.1) is 12.7 Å². The van der Waals surface area contributed by atoms with E-state index in [-0.39, 0.29) is 17.1 Å². The maximum atomic E-state index is 14.8. The predicted molar refractivity (Wildman–Crippen MR) is 124 cm³/mol. The molecular formula is C24H23FN4O5. The van der Waals surface area contributed by atoms with Crippen LogP contribution in [0.5, 0.6) is 0 Å². The number of halogens is 1. The largest absolute Gasteiger partial charge is 0.465 e. The summed E-state index contributed by atoms with van der Waals surface area (Å²) in [5.74, 6) is -1.26. The number of carbonyl (C=O) groups is 3. The molecule has 0 bridgehead atoms. The van der Waals surface area contributed by atoms with E-state index < -0.39 is 30.0 Å². The van der Waals surface area contributed by atoms with Crippen LogP contribution in [0.1, 0.15) is 35.3 Å². The highest BCUT2D eigenvalue weighted by atomic mass is 19.1. The fraction of sp³-hybridized carbons (Fsp3) is 0.250. The molecule has 0 saturated carbocycles. The topological polar surface area (TPSA) is 125 Å². The summed E-state index contributed by atoms with van der Waals surface area (Å²) in [5.41, 5.74) is 1.85. The van der Waals surface area contributed by atoms with Gasteiger partial charge in [0.15, 0.2) is 11.5 Å². The van der Waals surface area contributed by atoms with Crippen LogP contribution in [0.4, 0.5) is 26.2 Å². The third-order valence-corrected chi connectivity index (χ3v) is 5.47. The van der Waals surface area contributed by atoms with E-state index in [1.807, 2.05) is 4.90 Å². The van der Waals surface area contributed by atoms with Crippen molar-refractivity contribution in [3.8, 4) is 11.3 Å². The first-order valence-corrected chi connectivity index (χ1v) is 10.8. The monoisotopic (exact) mass is 466 g/mol. The summed E-state index contributed by atoms with van der Waals surface area (Å²) in [5, 5.41) is 17.6. The molecule has 1 aliphatic heterocycles.